The molecule has 2 aromatic carbocycles. The molecule has 1 aliphatic rings. The van der Waals surface area contributed by atoms with Crippen molar-refractivity contribution in [2.24, 2.45) is 0 Å². The first-order valence-electron chi connectivity index (χ1n) is 6.18. The summed E-state index contributed by atoms with van der Waals surface area (Å²) in [5.74, 6) is 1.37. The van der Waals surface area contributed by atoms with Crippen molar-refractivity contribution < 1.29 is 19.4 Å². The Morgan fingerprint density at radius 1 is 1.10 bits per heavy atom. The van der Waals surface area contributed by atoms with Crippen LogP contribution in [0.1, 0.15) is 5.56 Å². The second-order valence-corrected chi connectivity index (χ2v) is 4.46. The SMILES string of the molecule is O=C(Cc1ccc(O)cc1)Nc1ccc2c(c1)OCO2. The number of fused-ring (bicyclic) bond motifs is 1. The fourth-order valence-corrected chi connectivity index (χ4v) is 1.98. The second-order valence-electron chi connectivity index (χ2n) is 4.46. The van der Waals surface area contributed by atoms with E-state index >= 15 is 0 Å². The van der Waals surface area contributed by atoms with Gasteiger partial charge in [0.15, 0.2) is 11.5 Å². The number of benzene rings is 2. The second kappa shape index (κ2) is 5.13. The van der Waals surface area contributed by atoms with Gasteiger partial charge in [-0.1, -0.05) is 12.1 Å². The third kappa shape index (κ3) is 2.66. The van der Waals surface area contributed by atoms with Gasteiger partial charge in [-0.2, -0.15) is 0 Å². The van der Waals surface area contributed by atoms with E-state index in [0.717, 1.165) is 5.56 Å². The van der Waals surface area contributed by atoms with Crippen molar-refractivity contribution in [3.63, 3.8) is 0 Å². The molecule has 0 saturated carbocycles. The lowest BCUT2D eigenvalue weighted by atomic mass is 10.1. The number of anilines is 1. The summed E-state index contributed by atoms with van der Waals surface area (Å²) in [5.41, 5.74) is 1.50. The lowest BCUT2D eigenvalue weighted by molar-refractivity contribution is -0.115. The lowest BCUT2D eigenvalue weighted by Crippen LogP contribution is -2.14. The summed E-state index contributed by atoms with van der Waals surface area (Å²) in [5, 5.41) is 12.0. The zero-order valence-corrected chi connectivity index (χ0v) is 10.6. The Morgan fingerprint density at radius 2 is 1.85 bits per heavy atom. The summed E-state index contributed by atoms with van der Waals surface area (Å²) in [7, 11) is 0. The molecule has 0 saturated heterocycles. The van der Waals surface area contributed by atoms with Gasteiger partial charge in [0.25, 0.3) is 0 Å². The quantitative estimate of drug-likeness (QED) is 0.898. The maximum atomic E-state index is 11.9. The number of nitrogens with one attached hydrogen (secondary N) is 1. The number of carbonyl (C=O) groups excluding carboxylic acids is 1. The predicted molar refractivity (Wildman–Crippen MR) is 73.0 cm³/mol. The first kappa shape index (κ1) is 12.3. The first-order chi connectivity index (χ1) is 9.70. The van der Waals surface area contributed by atoms with E-state index in [0.29, 0.717) is 17.2 Å². The van der Waals surface area contributed by atoms with Crippen LogP contribution in [0.2, 0.25) is 0 Å². The maximum absolute atomic E-state index is 11.9. The van der Waals surface area contributed by atoms with Gasteiger partial charge in [-0.15, -0.1) is 0 Å². The van der Waals surface area contributed by atoms with Crippen LogP contribution in [0.3, 0.4) is 0 Å². The number of phenolic OH excluding ortho intramolecular Hbond substituents is 1. The summed E-state index contributed by atoms with van der Waals surface area (Å²) in [4.78, 5) is 11.9. The van der Waals surface area contributed by atoms with Crippen LogP contribution >= 0.6 is 0 Å². The summed E-state index contributed by atoms with van der Waals surface area (Å²) >= 11 is 0. The van der Waals surface area contributed by atoms with Crippen molar-refractivity contribution in [1.29, 1.82) is 0 Å². The Hall–Kier alpha value is -2.69. The van der Waals surface area contributed by atoms with E-state index in [4.69, 9.17) is 9.47 Å². The van der Waals surface area contributed by atoms with Gasteiger partial charge in [-0.25, -0.2) is 0 Å². The smallest absolute Gasteiger partial charge is 0.231 e. The molecule has 2 N–H and O–H groups in total. The molecule has 0 aliphatic carbocycles. The van der Waals surface area contributed by atoms with Crippen LogP contribution in [0.4, 0.5) is 5.69 Å². The molecule has 20 heavy (non-hydrogen) atoms. The number of carbonyl (C=O) groups is 1. The standard InChI is InChI=1S/C15H13NO4/c17-12-4-1-10(2-5-12)7-15(18)16-11-3-6-13-14(8-11)20-9-19-13/h1-6,8,17H,7,9H2,(H,16,18). The van der Waals surface area contributed by atoms with Gasteiger partial charge in [0.05, 0.1) is 6.42 Å². The number of phenols is 1. The topological polar surface area (TPSA) is 67.8 Å². The van der Waals surface area contributed by atoms with Gasteiger partial charge < -0.3 is 19.9 Å². The molecule has 0 aromatic heterocycles. The zero-order valence-electron chi connectivity index (χ0n) is 10.6. The van der Waals surface area contributed by atoms with Crippen LogP contribution in [-0.2, 0) is 11.2 Å². The highest BCUT2D eigenvalue weighted by molar-refractivity contribution is 5.92. The van der Waals surface area contributed by atoms with E-state index in [1.54, 1.807) is 42.5 Å². The van der Waals surface area contributed by atoms with Crippen molar-refractivity contribution in [3.8, 4) is 17.2 Å². The van der Waals surface area contributed by atoms with E-state index in [-0.39, 0.29) is 24.9 Å². The van der Waals surface area contributed by atoms with Gasteiger partial charge in [0.2, 0.25) is 12.7 Å². The van der Waals surface area contributed by atoms with E-state index in [1.165, 1.54) is 0 Å². The lowest BCUT2D eigenvalue weighted by Gasteiger charge is -2.06. The van der Waals surface area contributed by atoms with E-state index in [2.05, 4.69) is 5.32 Å². The third-order valence-electron chi connectivity index (χ3n) is 2.96. The summed E-state index contributed by atoms with van der Waals surface area (Å²) < 4.78 is 10.5. The highest BCUT2D eigenvalue weighted by Crippen LogP contribution is 2.34. The zero-order chi connectivity index (χ0) is 13.9. The normalized spacial score (nSPS) is 12.2. The minimum atomic E-state index is -0.130. The maximum Gasteiger partial charge on any atom is 0.231 e. The third-order valence-corrected chi connectivity index (χ3v) is 2.96. The fourth-order valence-electron chi connectivity index (χ4n) is 1.98. The molecule has 2 aromatic rings. The Morgan fingerprint density at radius 3 is 2.65 bits per heavy atom. The summed E-state index contributed by atoms with van der Waals surface area (Å²) in [6.07, 6.45) is 0.245. The molecule has 1 heterocycles. The van der Waals surface area contributed by atoms with Crippen LogP contribution in [-0.4, -0.2) is 17.8 Å². The van der Waals surface area contributed by atoms with Gasteiger partial charge in [0, 0.05) is 11.8 Å². The molecule has 0 atom stereocenters. The largest absolute Gasteiger partial charge is 0.508 e. The number of amides is 1. The van der Waals surface area contributed by atoms with Crippen molar-refractivity contribution in [1.82, 2.24) is 0 Å². The minimum Gasteiger partial charge on any atom is -0.508 e. The Kier molecular flexibility index (Phi) is 3.16. The predicted octanol–water partition coefficient (Wildman–Crippen LogP) is 2.30. The minimum absolute atomic E-state index is 0.130. The monoisotopic (exact) mass is 271 g/mol. The summed E-state index contributed by atoms with van der Waals surface area (Å²) in [6.45, 7) is 0.209. The molecule has 1 amide bonds. The molecular weight excluding hydrogens is 258 g/mol. The van der Waals surface area contributed by atoms with Crippen LogP contribution in [0.15, 0.2) is 42.5 Å². The number of hydrogen-bond acceptors (Lipinski definition) is 4. The number of hydrogen-bond donors (Lipinski definition) is 2. The Bertz CT molecular complexity index is 637. The highest BCUT2D eigenvalue weighted by Gasteiger charge is 2.14. The fraction of sp³-hybridized carbons (Fsp3) is 0.133. The van der Waals surface area contributed by atoms with E-state index in [1.807, 2.05) is 0 Å². The van der Waals surface area contributed by atoms with Gasteiger partial charge >= 0.3 is 0 Å². The molecule has 102 valence electrons. The van der Waals surface area contributed by atoms with Gasteiger partial charge in [-0.05, 0) is 29.8 Å². The first-order valence-corrected chi connectivity index (χ1v) is 6.18. The highest BCUT2D eigenvalue weighted by atomic mass is 16.7. The Labute approximate surface area is 115 Å². The molecule has 0 fully saturated rings. The van der Waals surface area contributed by atoms with Crippen molar-refractivity contribution in [2.75, 3.05) is 12.1 Å². The van der Waals surface area contributed by atoms with Crippen LogP contribution in [0.5, 0.6) is 17.2 Å². The van der Waals surface area contributed by atoms with Crippen LogP contribution in [0, 0.1) is 0 Å². The van der Waals surface area contributed by atoms with Crippen molar-refractivity contribution in [3.05, 3.63) is 48.0 Å². The number of aromatic hydroxyl groups is 1. The molecule has 0 bridgehead atoms. The van der Waals surface area contributed by atoms with Crippen LogP contribution < -0.4 is 14.8 Å². The number of rotatable bonds is 3. The Balaban J connectivity index is 1.65. The molecule has 0 unspecified atom stereocenters. The molecule has 1 aliphatic heterocycles. The average Bonchev–Trinajstić information content (AvgIpc) is 2.89. The molecule has 5 heteroatoms. The van der Waals surface area contributed by atoms with Gasteiger partial charge in [0.1, 0.15) is 5.75 Å². The molecule has 0 spiro atoms. The van der Waals surface area contributed by atoms with E-state index in [9.17, 15) is 9.90 Å². The molecular formula is C15H13NO4. The van der Waals surface area contributed by atoms with E-state index < -0.39 is 0 Å². The summed E-state index contributed by atoms with van der Waals surface area (Å²) in [6, 6.07) is 11.8. The molecule has 0 radical (unpaired) electrons. The van der Waals surface area contributed by atoms with Crippen molar-refractivity contribution in [2.45, 2.75) is 6.42 Å². The van der Waals surface area contributed by atoms with Crippen molar-refractivity contribution >= 4 is 11.6 Å². The average molecular weight is 271 g/mol. The molecule has 3 rings (SSSR count). The van der Waals surface area contributed by atoms with Gasteiger partial charge in [-0.3, -0.25) is 4.79 Å². The molecule has 5 nitrogen and oxygen atoms in total. The number of ether oxygens (including phenoxy) is 2. The van der Waals surface area contributed by atoms with Crippen LogP contribution in [0.25, 0.3) is 0 Å².